The summed E-state index contributed by atoms with van der Waals surface area (Å²) in [5, 5.41) is 3.15. The highest BCUT2D eigenvalue weighted by atomic mass is 32.1. The Kier molecular flexibility index (Phi) is 6.37. The number of aromatic nitrogens is 1. The van der Waals surface area contributed by atoms with Crippen LogP contribution in [0.4, 0.5) is 5.69 Å². The lowest BCUT2D eigenvalue weighted by Crippen LogP contribution is -2.51. The first kappa shape index (κ1) is 21.6. The van der Waals surface area contributed by atoms with Crippen LogP contribution < -0.4 is 9.64 Å². The van der Waals surface area contributed by atoms with E-state index in [1.165, 1.54) is 0 Å². The number of benzene rings is 2. The van der Waals surface area contributed by atoms with Crippen molar-refractivity contribution in [2.45, 2.75) is 13.0 Å². The van der Waals surface area contributed by atoms with Gasteiger partial charge in [-0.1, -0.05) is 42.5 Å². The highest BCUT2D eigenvalue weighted by Gasteiger charge is 2.28. The zero-order valence-electron chi connectivity index (χ0n) is 18.4. The first-order valence-electron chi connectivity index (χ1n) is 11.2. The van der Waals surface area contributed by atoms with Gasteiger partial charge in [-0.15, -0.1) is 11.3 Å². The fraction of sp³-hybridized carbons (Fsp3) is 0.320. The summed E-state index contributed by atoms with van der Waals surface area (Å²) in [5.41, 5.74) is 2.87. The summed E-state index contributed by atoms with van der Waals surface area (Å²) in [6, 6.07) is 17.6. The number of rotatable bonds is 5. The van der Waals surface area contributed by atoms with E-state index in [2.05, 4.69) is 22.4 Å². The van der Waals surface area contributed by atoms with Crippen LogP contribution in [0.25, 0.3) is 10.6 Å². The lowest BCUT2D eigenvalue weighted by atomic mass is 10.2. The van der Waals surface area contributed by atoms with E-state index in [0.717, 1.165) is 35.9 Å². The Bertz CT molecular complexity index is 1130. The van der Waals surface area contributed by atoms with Gasteiger partial charge in [-0.3, -0.25) is 19.4 Å². The fourth-order valence-corrected chi connectivity index (χ4v) is 5.02. The summed E-state index contributed by atoms with van der Waals surface area (Å²) in [6.45, 7) is 4.03. The Morgan fingerprint density at radius 1 is 1.00 bits per heavy atom. The number of piperazine rings is 1. The van der Waals surface area contributed by atoms with Crippen molar-refractivity contribution in [1.82, 2.24) is 14.8 Å². The quantitative estimate of drug-likeness (QED) is 0.582. The van der Waals surface area contributed by atoms with Crippen molar-refractivity contribution in [1.29, 1.82) is 0 Å². The summed E-state index contributed by atoms with van der Waals surface area (Å²) in [6.07, 6.45) is 0.272. The molecule has 2 aliphatic rings. The van der Waals surface area contributed by atoms with Crippen LogP contribution in [0, 0.1) is 0 Å². The Hall–Kier alpha value is -3.23. The topological polar surface area (TPSA) is 66.0 Å². The molecule has 170 valence electrons. The zero-order valence-corrected chi connectivity index (χ0v) is 19.2. The number of fused-ring (bicyclic) bond motifs is 1. The van der Waals surface area contributed by atoms with E-state index >= 15 is 0 Å². The largest absolute Gasteiger partial charge is 0.491 e. The molecule has 0 radical (unpaired) electrons. The Morgan fingerprint density at radius 2 is 1.76 bits per heavy atom. The number of carbonyl (C=O) groups excluding carboxylic acids is 2. The first-order valence-corrected chi connectivity index (χ1v) is 12.1. The van der Waals surface area contributed by atoms with Crippen molar-refractivity contribution in [3.8, 4) is 16.3 Å². The minimum Gasteiger partial charge on any atom is -0.491 e. The Labute approximate surface area is 197 Å². The third-order valence-electron chi connectivity index (χ3n) is 6.01. The van der Waals surface area contributed by atoms with E-state index in [-0.39, 0.29) is 24.8 Å². The second-order valence-corrected chi connectivity index (χ2v) is 9.07. The molecule has 0 saturated carbocycles. The highest BCUT2D eigenvalue weighted by Crippen LogP contribution is 2.31. The number of amides is 2. The van der Waals surface area contributed by atoms with Gasteiger partial charge in [-0.2, -0.15) is 0 Å². The van der Waals surface area contributed by atoms with Crippen LogP contribution in [0.5, 0.6) is 5.75 Å². The van der Waals surface area contributed by atoms with Crippen LogP contribution in [-0.2, 0) is 16.1 Å². The predicted octanol–water partition coefficient (Wildman–Crippen LogP) is 3.27. The minimum absolute atomic E-state index is 0.0280. The van der Waals surface area contributed by atoms with E-state index in [1.807, 2.05) is 47.4 Å². The molecule has 2 aliphatic heterocycles. The average molecular weight is 463 g/mol. The maximum absolute atomic E-state index is 13.0. The number of hydrogen-bond donors (Lipinski definition) is 0. The molecule has 0 N–H and O–H groups in total. The molecular formula is C25H26N4O3S. The van der Waals surface area contributed by atoms with Gasteiger partial charge in [-0.25, -0.2) is 4.98 Å². The average Bonchev–Trinajstić information content (AvgIpc) is 3.26. The maximum atomic E-state index is 13.0. The van der Waals surface area contributed by atoms with Crippen LogP contribution in [-0.4, -0.2) is 65.9 Å². The zero-order chi connectivity index (χ0) is 22.6. The predicted molar refractivity (Wildman–Crippen MR) is 128 cm³/mol. The van der Waals surface area contributed by atoms with Gasteiger partial charge in [0.15, 0.2) is 0 Å². The highest BCUT2D eigenvalue weighted by molar-refractivity contribution is 7.13. The summed E-state index contributed by atoms with van der Waals surface area (Å²) >= 11 is 1.66. The number of thiazole rings is 1. The van der Waals surface area contributed by atoms with Crippen LogP contribution in [0.2, 0.25) is 0 Å². The molecule has 0 bridgehead atoms. The number of hydrogen-bond acceptors (Lipinski definition) is 6. The van der Waals surface area contributed by atoms with Gasteiger partial charge < -0.3 is 9.64 Å². The third kappa shape index (κ3) is 4.91. The van der Waals surface area contributed by atoms with Crippen molar-refractivity contribution >= 4 is 28.8 Å². The molecule has 1 aromatic heterocycles. The number of carbonyl (C=O) groups is 2. The molecule has 1 saturated heterocycles. The standard InChI is InChI=1S/C25H26N4O3S/c30-23-10-15-32-22-9-5-4-8-21(22)29(23)17-24(31)28-13-11-27(12-14-28)16-20-18-33-25(26-20)19-6-2-1-3-7-19/h1-9,18H,10-17H2. The molecule has 1 fully saturated rings. The normalized spacial score (nSPS) is 16.8. The van der Waals surface area contributed by atoms with E-state index < -0.39 is 0 Å². The van der Waals surface area contributed by atoms with E-state index in [1.54, 1.807) is 16.2 Å². The monoisotopic (exact) mass is 462 g/mol. The van der Waals surface area contributed by atoms with Crippen molar-refractivity contribution in [3.05, 3.63) is 65.7 Å². The lowest BCUT2D eigenvalue weighted by molar-refractivity contribution is -0.133. The van der Waals surface area contributed by atoms with Gasteiger partial charge in [0.1, 0.15) is 17.3 Å². The summed E-state index contributed by atoms with van der Waals surface area (Å²) in [7, 11) is 0. The van der Waals surface area contributed by atoms with E-state index in [4.69, 9.17) is 9.72 Å². The molecule has 2 aromatic carbocycles. The Morgan fingerprint density at radius 3 is 2.58 bits per heavy atom. The second-order valence-electron chi connectivity index (χ2n) is 8.21. The SMILES string of the molecule is O=C(CN1C(=O)CCOc2ccccc21)N1CCN(Cc2csc(-c3ccccc3)n2)CC1. The lowest BCUT2D eigenvalue weighted by Gasteiger charge is -2.35. The molecule has 3 heterocycles. The van der Waals surface area contributed by atoms with Crippen LogP contribution >= 0.6 is 11.3 Å². The molecule has 8 heteroatoms. The van der Waals surface area contributed by atoms with Crippen LogP contribution in [0.15, 0.2) is 60.0 Å². The molecule has 33 heavy (non-hydrogen) atoms. The molecular weight excluding hydrogens is 436 g/mol. The molecule has 0 atom stereocenters. The minimum atomic E-state index is -0.0790. The molecule has 0 unspecified atom stereocenters. The van der Waals surface area contributed by atoms with Crippen molar-refractivity contribution in [2.75, 3.05) is 44.2 Å². The van der Waals surface area contributed by atoms with E-state index in [9.17, 15) is 9.59 Å². The Balaban J connectivity index is 1.17. The summed E-state index contributed by atoms with van der Waals surface area (Å²) in [4.78, 5) is 36.2. The van der Waals surface area contributed by atoms with E-state index in [0.29, 0.717) is 31.1 Å². The number of para-hydroxylation sites is 2. The van der Waals surface area contributed by atoms with Gasteiger partial charge in [-0.05, 0) is 12.1 Å². The third-order valence-corrected chi connectivity index (χ3v) is 6.95. The van der Waals surface area contributed by atoms with Crippen LogP contribution in [0.1, 0.15) is 12.1 Å². The maximum Gasteiger partial charge on any atom is 0.242 e. The van der Waals surface area contributed by atoms with Gasteiger partial charge in [0, 0.05) is 43.7 Å². The van der Waals surface area contributed by atoms with Gasteiger partial charge >= 0.3 is 0 Å². The van der Waals surface area contributed by atoms with Crippen molar-refractivity contribution in [3.63, 3.8) is 0 Å². The van der Waals surface area contributed by atoms with Gasteiger partial charge in [0.2, 0.25) is 11.8 Å². The summed E-state index contributed by atoms with van der Waals surface area (Å²) < 4.78 is 5.68. The number of nitrogens with zero attached hydrogens (tertiary/aromatic N) is 4. The first-order chi connectivity index (χ1) is 16.2. The molecule has 0 spiro atoms. The number of anilines is 1. The fourth-order valence-electron chi connectivity index (χ4n) is 4.21. The molecule has 0 aliphatic carbocycles. The molecule has 2 amide bonds. The van der Waals surface area contributed by atoms with Crippen molar-refractivity contribution in [2.24, 2.45) is 0 Å². The van der Waals surface area contributed by atoms with Gasteiger partial charge in [0.25, 0.3) is 0 Å². The van der Waals surface area contributed by atoms with Gasteiger partial charge in [0.05, 0.1) is 24.4 Å². The second kappa shape index (κ2) is 9.72. The van der Waals surface area contributed by atoms with Crippen molar-refractivity contribution < 1.29 is 14.3 Å². The number of ether oxygens (including phenoxy) is 1. The molecule has 5 rings (SSSR count). The smallest absolute Gasteiger partial charge is 0.242 e. The summed E-state index contributed by atoms with van der Waals surface area (Å²) in [5.74, 6) is 0.545. The molecule has 7 nitrogen and oxygen atoms in total. The van der Waals surface area contributed by atoms with Crippen LogP contribution in [0.3, 0.4) is 0 Å². The molecule has 3 aromatic rings.